The maximum atomic E-state index is 12.2. The van der Waals surface area contributed by atoms with Crippen molar-refractivity contribution in [2.45, 2.75) is 53.1 Å². The number of carbonyl (C=O) groups excluding carboxylic acids is 1. The van der Waals surface area contributed by atoms with Crippen LogP contribution in [0.25, 0.3) is 5.57 Å². The van der Waals surface area contributed by atoms with Crippen molar-refractivity contribution < 1.29 is 4.79 Å². The molecule has 0 spiro atoms. The van der Waals surface area contributed by atoms with E-state index in [1.807, 2.05) is 25.1 Å². The number of allylic oxidation sites excluding steroid dienone is 1. The van der Waals surface area contributed by atoms with E-state index in [4.69, 9.17) is 0 Å². The molecular formula is C24H29N3O. The third-order valence-corrected chi connectivity index (χ3v) is 5.11. The molecule has 0 saturated carbocycles. The third-order valence-electron chi connectivity index (χ3n) is 5.11. The van der Waals surface area contributed by atoms with E-state index in [1.165, 1.54) is 16.8 Å². The van der Waals surface area contributed by atoms with E-state index >= 15 is 0 Å². The Balaban J connectivity index is 1.80. The Hall–Kier alpha value is -2.88. The zero-order valence-electron chi connectivity index (χ0n) is 17.6. The van der Waals surface area contributed by atoms with Gasteiger partial charge in [-0.25, -0.2) is 5.43 Å². The molecule has 0 saturated heterocycles. The number of hydrazone groups is 1. The summed E-state index contributed by atoms with van der Waals surface area (Å²) >= 11 is 0. The summed E-state index contributed by atoms with van der Waals surface area (Å²) in [6.45, 7) is 13.1. The van der Waals surface area contributed by atoms with E-state index < -0.39 is 0 Å². The standard InChI is InChI=1S/C24H29N3O/c1-16(2)27-22-12-9-19(13-21(22)18(4)14-24(27,5)6)15-25-26-23(28)20-10-7-17(3)8-11-20/h7-16H,1-6H3,(H,26,28)/b25-15-. The van der Waals surface area contributed by atoms with Crippen molar-refractivity contribution in [2.75, 3.05) is 4.90 Å². The number of fused-ring (bicyclic) bond motifs is 1. The Labute approximate surface area is 168 Å². The lowest BCUT2D eigenvalue weighted by molar-refractivity contribution is 0.0955. The number of hydrogen-bond donors (Lipinski definition) is 1. The quantitative estimate of drug-likeness (QED) is 0.592. The first kappa shape index (κ1) is 19.9. The van der Waals surface area contributed by atoms with Crippen molar-refractivity contribution in [3.8, 4) is 0 Å². The number of amides is 1. The number of hydrogen-bond acceptors (Lipinski definition) is 3. The minimum Gasteiger partial charge on any atom is -0.360 e. The van der Waals surface area contributed by atoms with Gasteiger partial charge >= 0.3 is 0 Å². The van der Waals surface area contributed by atoms with Crippen LogP contribution in [-0.2, 0) is 0 Å². The van der Waals surface area contributed by atoms with E-state index in [0.717, 1.165) is 11.1 Å². The summed E-state index contributed by atoms with van der Waals surface area (Å²) in [4.78, 5) is 14.6. The van der Waals surface area contributed by atoms with Gasteiger partial charge < -0.3 is 4.90 Å². The number of nitrogens with one attached hydrogen (secondary N) is 1. The molecule has 4 nitrogen and oxygen atoms in total. The summed E-state index contributed by atoms with van der Waals surface area (Å²) in [5.74, 6) is -0.210. The topological polar surface area (TPSA) is 44.7 Å². The molecule has 0 bridgehead atoms. The van der Waals surface area contributed by atoms with Crippen LogP contribution in [0.2, 0.25) is 0 Å². The highest BCUT2D eigenvalue weighted by atomic mass is 16.2. The Bertz CT molecular complexity index is 937. The molecule has 0 aliphatic carbocycles. The van der Waals surface area contributed by atoms with Crippen molar-refractivity contribution in [3.05, 3.63) is 70.8 Å². The van der Waals surface area contributed by atoms with E-state index in [0.29, 0.717) is 11.6 Å². The van der Waals surface area contributed by atoms with Crippen LogP contribution < -0.4 is 10.3 Å². The smallest absolute Gasteiger partial charge is 0.271 e. The van der Waals surface area contributed by atoms with Gasteiger partial charge in [0.25, 0.3) is 5.91 Å². The minimum atomic E-state index is -0.210. The van der Waals surface area contributed by atoms with Crippen LogP contribution >= 0.6 is 0 Å². The first-order chi connectivity index (χ1) is 13.2. The second kappa shape index (κ2) is 7.63. The summed E-state index contributed by atoms with van der Waals surface area (Å²) in [5, 5.41) is 4.14. The molecule has 1 aliphatic rings. The van der Waals surface area contributed by atoms with Crippen LogP contribution in [0.1, 0.15) is 61.7 Å². The minimum absolute atomic E-state index is 0.0249. The fourth-order valence-electron chi connectivity index (χ4n) is 4.03. The van der Waals surface area contributed by atoms with Gasteiger partial charge in [-0.2, -0.15) is 5.10 Å². The van der Waals surface area contributed by atoms with Crippen LogP contribution in [0.5, 0.6) is 0 Å². The summed E-state index contributed by atoms with van der Waals surface area (Å²) in [5.41, 5.74) is 8.96. The zero-order valence-corrected chi connectivity index (χ0v) is 17.6. The molecule has 28 heavy (non-hydrogen) atoms. The number of benzene rings is 2. The number of aryl methyl sites for hydroxylation is 1. The van der Waals surface area contributed by atoms with Crippen LogP contribution in [0.15, 0.2) is 53.6 Å². The highest BCUT2D eigenvalue weighted by molar-refractivity contribution is 5.95. The van der Waals surface area contributed by atoms with Gasteiger partial charge in [0, 0.05) is 22.9 Å². The predicted octanol–water partition coefficient (Wildman–Crippen LogP) is 5.17. The average Bonchev–Trinajstić information content (AvgIpc) is 2.61. The molecular weight excluding hydrogens is 346 g/mol. The molecule has 2 aromatic rings. The summed E-state index contributed by atoms with van der Waals surface area (Å²) in [7, 11) is 0. The molecule has 3 rings (SSSR count). The first-order valence-electron chi connectivity index (χ1n) is 9.72. The van der Waals surface area contributed by atoms with Crippen LogP contribution in [-0.4, -0.2) is 23.7 Å². The van der Waals surface area contributed by atoms with Crippen molar-refractivity contribution in [1.29, 1.82) is 0 Å². The molecule has 0 atom stereocenters. The van der Waals surface area contributed by atoms with Gasteiger partial charge in [-0.1, -0.05) is 29.8 Å². The zero-order chi connectivity index (χ0) is 20.5. The van der Waals surface area contributed by atoms with Crippen LogP contribution in [0, 0.1) is 6.92 Å². The van der Waals surface area contributed by atoms with Crippen molar-refractivity contribution in [3.63, 3.8) is 0 Å². The number of anilines is 1. The molecule has 2 aromatic carbocycles. The molecule has 146 valence electrons. The third kappa shape index (κ3) is 4.01. The summed E-state index contributed by atoms with van der Waals surface area (Å²) in [6.07, 6.45) is 4.01. The second-order valence-electron chi connectivity index (χ2n) is 8.29. The predicted molar refractivity (Wildman–Crippen MR) is 118 cm³/mol. The summed E-state index contributed by atoms with van der Waals surface area (Å²) in [6, 6.07) is 14.2. The molecule has 0 aromatic heterocycles. The molecule has 4 heteroatoms. The molecule has 0 fully saturated rings. The fourth-order valence-corrected chi connectivity index (χ4v) is 4.03. The molecule has 1 heterocycles. The average molecular weight is 376 g/mol. The highest BCUT2D eigenvalue weighted by Gasteiger charge is 2.32. The maximum Gasteiger partial charge on any atom is 0.271 e. The van der Waals surface area contributed by atoms with Gasteiger partial charge in [-0.3, -0.25) is 4.79 Å². The van der Waals surface area contributed by atoms with Gasteiger partial charge in [-0.05, 0) is 76.9 Å². The molecule has 1 N–H and O–H groups in total. The van der Waals surface area contributed by atoms with Gasteiger partial charge in [0.05, 0.1) is 11.8 Å². The Kier molecular flexibility index (Phi) is 5.41. The normalized spacial score (nSPS) is 15.5. The molecule has 1 aliphatic heterocycles. The van der Waals surface area contributed by atoms with Crippen molar-refractivity contribution in [1.82, 2.24) is 5.43 Å². The SMILES string of the molecule is CC1=CC(C)(C)N(C(C)C)c2ccc(/C=N\NC(=O)c3ccc(C)cc3)cc21. The highest BCUT2D eigenvalue weighted by Crippen LogP contribution is 2.40. The second-order valence-corrected chi connectivity index (χ2v) is 8.29. The summed E-state index contributed by atoms with van der Waals surface area (Å²) < 4.78 is 0. The van der Waals surface area contributed by atoms with E-state index in [2.05, 4.69) is 68.3 Å². The lowest BCUT2D eigenvalue weighted by atomic mass is 9.87. The van der Waals surface area contributed by atoms with Gasteiger partial charge in [-0.15, -0.1) is 0 Å². The number of rotatable bonds is 4. The van der Waals surface area contributed by atoms with Crippen molar-refractivity contribution in [2.24, 2.45) is 5.10 Å². The molecule has 1 amide bonds. The van der Waals surface area contributed by atoms with E-state index in [9.17, 15) is 4.79 Å². The van der Waals surface area contributed by atoms with Gasteiger partial charge in [0.2, 0.25) is 0 Å². The maximum absolute atomic E-state index is 12.2. The van der Waals surface area contributed by atoms with E-state index in [-0.39, 0.29) is 11.4 Å². The Morgan fingerprint density at radius 1 is 1.11 bits per heavy atom. The Morgan fingerprint density at radius 3 is 2.43 bits per heavy atom. The largest absolute Gasteiger partial charge is 0.360 e. The fraction of sp³-hybridized carbons (Fsp3) is 0.333. The van der Waals surface area contributed by atoms with Crippen molar-refractivity contribution >= 4 is 23.4 Å². The lowest BCUT2D eigenvalue weighted by Gasteiger charge is -2.46. The monoisotopic (exact) mass is 375 g/mol. The van der Waals surface area contributed by atoms with Crippen LogP contribution in [0.3, 0.4) is 0 Å². The first-order valence-corrected chi connectivity index (χ1v) is 9.72. The van der Waals surface area contributed by atoms with Gasteiger partial charge in [0.15, 0.2) is 0 Å². The Morgan fingerprint density at radius 2 is 1.79 bits per heavy atom. The molecule has 0 unspecified atom stereocenters. The number of nitrogens with zero attached hydrogens (tertiary/aromatic N) is 2. The van der Waals surface area contributed by atoms with E-state index in [1.54, 1.807) is 18.3 Å². The van der Waals surface area contributed by atoms with Crippen LogP contribution in [0.4, 0.5) is 5.69 Å². The van der Waals surface area contributed by atoms with Gasteiger partial charge in [0.1, 0.15) is 0 Å². The lowest BCUT2D eigenvalue weighted by Crippen LogP contribution is -2.49. The number of carbonyl (C=O) groups is 1. The molecule has 0 radical (unpaired) electrons.